The van der Waals surface area contributed by atoms with Gasteiger partial charge in [-0.2, -0.15) is 5.48 Å². The fourth-order valence-electron chi connectivity index (χ4n) is 1.21. The van der Waals surface area contributed by atoms with Crippen molar-refractivity contribution in [3.05, 3.63) is 33.8 Å². The first-order valence-corrected chi connectivity index (χ1v) is 5.09. The van der Waals surface area contributed by atoms with E-state index < -0.39 is 0 Å². The zero-order valence-electron chi connectivity index (χ0n) is 8.34. The van der Waals surface area contributed by atoms with Gasteiger partial charge in [0.25, 0.3) is 0 Å². The Balaban J connectivity index is 2.78. The maximum atomic E-state index is 5.11. The van der Waals surface area contributed by atoms with Gasteiger partial charge in [-0.25, -0.2) is 0 Å². The maximum absolute atomic E-state index is 5.11. The van der Waals surface area contributed by atoms with E-state index in [-0.39, 0.29) is 0 Å². The summed E-state index contributed by atoms with van der Waals surface area (Å²) in [6.07, 6.45) is 0. The topological polar surface area (TPSA) is 30.5 Å². The van der Waals surface area contributed by atoms with E-state index in [9.17, 15) is 0 Å². The summed E-state index contributed by atoms with van der Waals surface area (Å²) in [5.74, 6) is 0. The summed E-state index contributed by atoms with van der Waals surface area (Å²) in [6.45, 7) is 1.29. The lowest BCUT2D eigenvalue weighted by molar-refractivity contribution is 0.0859. The molecule has 0 bridgehead atoms. The molecule has 0 atom stereocenters. The molecule has 14 heavy (non-hydrogen) atoms. The summed E-state index contributed by atoms with van der Waals surface area (Å²) >= 11 is 3.43. The second-order valence-electron chi connectivity index (χ2n) is 2.87. The fourth-order valence-corrected chi connectivity index (χ4v) is 1.62. The Morgan fingerprint density at radius 3 is 2.71 bits per heavy atom. The second-order valence-corrected chi connectivity index (χ2v) is 3.79. The third-order valence-corrected chi connectivity index (χ3v) is 2.37. The molecule has 0 aliphatic rings. The Labute approximate surface area is 92.5 Å². The van der Waals surface area contributed by atoms with E-state index in [0.29, 0.717) is 13.2 Å². The van der Waals surface area contributed by atoms with Crippen LogP contribution < -0.4 is 5.48 Å². The first-order chi connectivity index (χ1) is 6.77. The summed E-state index contributed by atoms with van der Waals surface area (Å²) in [5, 5.41) is 0. The first-order valence-electron chi connectivity index (χ1n) is 4.30. The molecule has 1 aromatic rings. The summed E-state index contributed by atoms with van der Waals surface area (Å²) < 4.78 is 6.17. The van der Waals surface area contributed by atoms with E-state index in [0.717, 1.165) is 10.0 Å². The van der Waals surface area contributed by atoms with E-state index in [2.05, 4.69) is 27.5 Å². The molecule has 78 valence electrons. The number of nitrogens with one attached hydrogen (secondary N) is 1. The standard InChI is InChI=1S/C10H14BrNO2/c1-13-7-9-5-10(11)4-3-8(9)6-12-14-2/h3-5,12H,6-7H2,1-2H3. The quantitative estimate of drug-likeness (QED) is 0.823. The maximum Gasteiger partial charge on any atom is 0.0716 e. The Morgan fingerprint density at radius 1 is 1.29 bits per heavy atom. The van der Waals surface area contributed by atoms with Crippen molar-refractivity contribution in [1.29, 1.82) is 0 Å². The Bertz CT molecular complexity index is 291. The number of methoxy groups -OCH3 is 1. The van der Waals surface area contributed by atoms with Crippen LogP contribution in [0, 0.1) is 0 Å². The highest BCUT2D eigenvalue weighted by atomic mass is 79.9. The predicted octanol–water partition coefficient (Wildman–Crippen LogP) is 2.25. The molecule has 0 aliphatic carbocycles. The molecule has 0 heterocycles. The number of ether oxygens (including phenoxy) is 1. The van der Waals surface area contributed by atoms with Crippen LogP contribution in [0.2, 0.25) is 0 Å². The number of hydrogen-bond acceptors (Lipinski definition) is 3. The fraction of sp³-hybridized carbons (Fsp3) is 0.400. The molecule has 0 unspecified atom stereocenters. The molecule has 1 aromatic carbocycles. The molecule has 0 radical (unpaired) electrons. The Kier molecular flexibility index (Phi) is 5.11. The molecule has 0 aliphatic heterocycles. The van der Waals surface area contributed by atoms with Gasteiger partial charge in [-0.1, -0.05) is 22.0 Å². The van der Waals surface area contributed by atoms with Gasteiger partial charge >= 0.3 is 0 Å². The molecular weight excluding hydrogens is 246 g/mol. The minimum Gasteiger partial charge on any atom is -0.380 e. The van der Waals surface area contributed by atoms with E-state index in [1.165, 1.54) is 5.56 Å². The van der Waals surface area contributed by atoms with E-state index >= 15 is 0 Å². The molecule has 1 N–H and O–H groups in total. The highest BCUT2D eigenvalue weighted by Crippen LogP contribution is 2.17. The molecule has 4 heteroatoms. The van der Waals surface area contributed by atoms with Gasteiger partial charge in [-0.05, 0) is 23.3 Å². The molecule has 0 saturated heterocycles. The number of halogens is 1. The zero-order valence-corrected chi connectivity index (χ0v) is 9.93. The average molecular weight is 260 g/mol. The molecule has 0 aromatic heterocycles. The minimum absolute atomic E-state index is 0.611. The lowest BCUT2D eigenvalue weighted by Gasteiger charge is -2.09. The van der Waals surface area contributed by atoms with Crippen molar-refractivity contribution in [3.63, 3.8) is 0 Å². The predicted molar refractivity (Wildman–Crippen MR) is 58.7 cm³/mol. The Hall–Kier alpha value is -0.420. The van der Waals surface area contributed by atoms with Crippen LogP contribution in [0.5, 0.6) is 0 Å². The second kappa shape index (κ2) is 6.14. The molecule has 0 spiro atoms. The van der Waals surface area contributed by atoms with Crippen LogP contribution in [0.1, 0.15) is 11.1 Å². The SMILES string of the molecule is COCc1cc(Br)ccc1CNOC. The van der Waals surface area contributed by atoms with Gasteiger partial charge in [0.1, 0.15) is 0 Å². The van der Waals surface area contributed by atoms with Crippen molar-refractivity contribution in [2.75, 3.05) is 14.2 Å². The first kappa shape index (κ1) is 11.7. The van der Waals surface area contributed by atoms with Crippen LogP contribution in [-0.4, -0.2) is 14.2 Å². The molecule has 1 rings (SSSR count). The zero-order chi connectivity index (χ0) is 10.4. The van der Waals surface area contributed by atoms with E-state index in [4.69, 9.17) is 9.57 Å². The smallest absolute Gasteiger partial charge is 0.0716 e. The summed E-state index contributed by atoms with van der Waals surface area (Å²) in [4.78, 5) is 4.81. The number of hydroxylamine groups is 1. The third-order valence-electron chi connectivity index (χ3n) is 1.88. The number of benzene rings is 1. The van der Waals surface area contributed by atoms with Crippen molar-refractivity contribution in [3.8, 4) is 0 Å². The normalized spacial score (nSPS) is 10.5. The van der Waals surface area contributed by atoms with Gasteiger partial charge in [-0.15, -0.1) is 0 Å². The molecular formula is C10H14BrNO2. The van der Waals surface area contributed by atoms with Crippen LogP contribution in [-0.2, 0) is 22.7 Å². The lowest BCUT2D eigenvalue weighted by atomic mass is 10.1. The van der Waals surface area contributed by atoms with Crippen molar-refractivity contribution in [2.24, 2.45) is 0 Å². The van der Waals surface area contributed by atoms with Crippen LogP contribution in [0.25, 0.3) is 0 Å². The summed E-state index contributed by atoms with van der Waals surface area (Å²) in [5.41, 5.74) is 5.15. The molecule has 0 saturated carbocycles. The third kappa shape index (κ3) is 3.38. The highest BCUT2D eigenvalue weighted by molar-refractivity contribution is 9.10. The van der Waals surface area contributed by atoms with Crippen molar-refractivity contribution < 1.29 is 9.57 Å². The van der Waals surface area contributed by atoms with Crippen molar-refractivity contribution in [2.45, 2.75) is 13.2 Å². The number of hydrogen-bond donors (Lipinski definition) is 1. The van der Waals surface area contributed by atoms with Gasteiger partial charge in [0.15, 0.2) is 0 Å². The Morgan fingerprint density at radius 2 is 2.07 bits per heavy atom. The minimum atomic E-state index is 0.611. The lowest BCUT2D eigenvalue weighted by Crippen LogP contribution is -2.12. The summed E-state index contributed by atoms with van der Waals surface area (Å²) in [7, 11) is 3.29. The monoisotopic (exact) mass is 259 g/mol. The molecule has 0 amide bonds. The van der Waals surface area contributed by atoms with Crippen LogP contribution >= 0.6 is 15.9 Å². The van der Waals surface area contributed by atoms with Gasteiger partial charge in [0.2, 0.25) is 0 Å². The number of rotatable bonds is 5. The average Bonchev–Trinajstić information content (AvgIpc) is 2.17. The molecule has 3 nitrogen and oxygen atoms in total. The van der Waals surface area contributed by atoms with Gasteiger partial charge in [0, 0.05) is 18.1 Å². The van der Waals surface area contributed by atoms with Crippen LogP contribution in [0.4, 0.5) is 0 Å². The largest absolute Gasteiger partial charge is 0.380 e. The summed E-state index contributed by atoms with van der Waals surface area (Å²) in [6, 6.07) is 6.10. The highest BCUT2D eigenvalue weighted by Gasteiger charge is 2.02. The molecule has 0 fully saturated rings. The van der Waals surface area contributed by atoms with Crippen molar-refractivity contribution in [1.82, 2.24) is 5.48 Å². The van der Waals surface area contributed by atoms with Gasteiger partial charge in [-0.3, -0.25) is 0 Å². The van der Waals surface area contributed by atoms with Gasteiger partial charge < -0.3 is 9.57 Å². The van der Waals surface area contributed by atoms with E-state index in [1.54, 1.807) is 14.2 Å². The van der Waals surface area contributed by atoms with Crippen molar-refractivity contribution >= 4 is 15.9 Å². The van der Waals surface area contributed by atoms with Crippen LogP contribution in [0.15, 0.2) is 22.7 Å². The van der Waals surface area contributed by atoms with Crippen LogP contribution in [0.3, 0.4) is 0 Å². The van der Waals surface area contributed by atoms with E-state index in [1.807, 2.05) is 12.1 Å². The van der Waals surface area contributed by atoms with Gasteiger partial charge in [0.05, 0.1) is 13.7 Å².